The van der Waals surface area contributed by atoms with Crippen LogP contribution in [0.5, 0.6) is 0 Å². The molecule has 1 aliphatic carbocycles. The Hall–Kier alpha value is 0.690. The topological polar surface area (TPSA) is 9.23 Å². The van der Waals surface area contributed by atoms with Gasteiger partial charge in [0.25, 0.3) is 0 Å². The highest BCUT2D eigenvalue weighted by Gasteiger charge is 2.18. The zero-order valence-corrected chi connectivity index (χ0v) is 10.2. The van der Waals surface area contributed by atoms with Crippen molar-refractivity contribution in [2.75, 3.05) is 0 Å². The minimum absolute atomic E-state index is 0.408. The van der Waals surface area contributed by atoms with E-state index in [-0.39, 0.29) is 0 Å². The van der Waals surface area contributed by atoms with E-state index < -0.39 is 0 Å². The van der Waals surface area contributed by atoms with E-state index in [0.29, 0.717) is 16.1 Å². The van der Waals surface area contributed by atoms with Crippen LogP contribution in [-0.2, 0) is 4.74 Å². The quantitative estimate of drug-likeness (QED) is 0.566. The smallest absolute Gasteiger partial charge is 0.111 e. The minimum Gasteiger partial charge on any atom is -0.364 e. The van der Waals surface area contributed by atoms with Crippen molar-refractivity contribution in [2.24, 2.45) is 5.92 Å². The molecule has 0 aromatic carbocycles. The first-order valence-corrected chi connectivity index (χ1v) is 6.24. The van der Waals surface area contributed by atoms with Crippen molar-refractivity contribution >= 4 is 22.6 Å². The minimum atomic E-state index is 0.408. The fourth-order valence-electron chi connectivity index (χ4n) is 1.54. The van der Waals surface area contributed by atoms with E-state index in [1.54, 1.807) is 0 Å². The van der Waals surface area contributed by atoms with Crippen molar-refractivity contribution in [1.29, 1.82) is 0 Å². The summed E-state index contributed by atoms with van der Waals surface area (Å²) in [6, 6.07) is 0. The second kappa shape index (κ2) is 5.43. The van der Waals surface area contributed by atoms with Gasteiger partial charge in [-0.05, 0) is 18.8 Å². The van der Waals surface area contributed by atoms with Crippen molar-refractivity contribution in [3.63, 3.8) is 0 Å². The zero-order chi connectivity index (χ0) is 8.97. The van der Waals surface area contributed by atoms with Gasteiger partial charge in [-0.2, -0.15) is 0 Å². The van der Waals surface area contributed by atoms with Crippen LogP contribution in [-0.4, -0.2) is 10.2 Å². The van der Waals surface area contributed by atoms with Gasteiger partial charge in [-0.1, -0.05) is 55.7 Å². The molecule has 2 heteroatoms. The summed E-state index contributed by atoms with van der Waals surface area (Å²) in [7, 11) is 0. The Bertz CT molecular complexity index is 119. The average Bonchev–Trinajstić information content (AvgIpc) is 2.06. The molecule has 0 amide bonds. The monoisotopic (exact) mass is 282 g/mol. The molecule has 0 aromatic rings. The van der Waals surface area contributed by atoms with Gasteiger partial charge in [0, 0.05) is 0 Å². The first-order valence-electron chi connectivity index (χ1n) is 4.99. The molecule has 1 aliphatic rings. The largest absolute Gasteiger partial charge is 0.364 e. The predicted molar refractivity (Wildman–Crippen MR) is 60.6 cm³/mol. The standard InChI is InChI=1S/C10H19IO/c1-8(2)10(11)12-9-6-4-3-5-7-9/h8-10H,3-7H2,1-2H3. The lowest BCUT2D eigenvalue weighted by atomic mass is 9.98. The lowest BCUT2D eigenvalue weighted by molar-refractivity contribution is 0.00293. The Labute approximate surface area is 89.4 Å². The normalized spacial score (nSPS) is 23.0. The molecule has 12 heavy (non-hydrogen) atoms. The highest BCUT2D eigenvalue weighted by Crippen LogP contribution is 2.25. The molecule has 0 heterocycles. The Kier molecular flexibility index (Phi) is 4.87. The number of halogens is 1. The van der Waals surface area contributed by atoms with Crippen LogP contribution in [0.1, 0.15) is 46.0 Å². The first kappa shape index (κ1) is 10.8. The highest BCUT2D eigenvalue weighted by atomic mass is 127. The predicted octanol–water partition coefficient (Wildman–Crippen LogP) is 3.75. The molecule has 1 saturated carbocycles. The lowest BCUT2D eigenvalue weighted by Gasteiger charge is -2.26. The number of ether oxygens (including phenoxy) is 1. The summed E-state index contributed by atoms with van der Waals surface area (Å²) in [5.41, 5.74) is 0. The van der Waals surface area contributed by atoms with E-state index in [0.717, 1.165) is 0 Å². The van der Waals surface area contributed by atoms with Crippen molar-refractivity contribution in [2.45, 2.75) is 56.2 Å². The maximum absolute atomic E-state index is 5.94. The number of hydrogen-bond donors (Lipinski definition) is 0. The molecule has 1 nitrogen and oxygen atoms in total. The van der Waals surface area contributed by atoms with Crippen LogP contribution in [0.15, 0.2) is 0 Å². The Morgan fingerprint density at radius 3 is 2.25 bits per heavy atom. The summed E-state index contributed by atoms with van der Waals surface area (Å²) >= 11 is 2.41. The lowest BCUT2D eigenvalue weighted by Crippen LogP contribution is -2.23. The van der Waals surface area contributed by atoms with Gasteiger partial charge < -0.3 is 4.74 Å². The molecule has 0 saturated heterocycles. The van der Waals surface area contributed by atoms with E-state index in [1.165, 1.54) is 32.1 Å². The van der Waals surface area contributed by atoms with Gasteiger partial charge in [-0.15, -0.1) is 0 Å². The van der Waals surface area contributed by atoms with Gasteiger partial charge in [0.05, 0.1) is 6.10 Å². The van der Waals surface area contributed by atoms with Gasteiger partial charge in [0.15, 0.2) is 0 Å². The molecule has 72 valence electrons. The molecule has 0 radical (unpaired) electrons. The Morgan fingerprint density at radius 2 is 1.75 bits per heavy atom. The van der Waals surface area contributed by atoms with E-state index in [1.807, 2.05) is 0 Å². The van der Waals surface area contributed by atoms with E-state index in [9.17, 15) is 0 Å². The van der Waals surface area contributed by atoms with E-state index in [2.05, 4.69) is 36.4 Å². The Balaban J connectivity index is 2.20. The van der Waals surface area contributed by atoms with E-state index >= 15 is 0 Å². The molecule has 0 aliphatic heterocycles. The molecular formula is C10H19IO. The summed E-state index contributed by atoms with van der Waals surface area (Å²) in [5, 5.41) is 0. The average molecular weight is 282 g/mol. The maximum atomic E-state index is 5.94. The maximum Gasteiger partial charge on any atom is 0.111 e. The summed E-state index contributed by atoms with van der Waals surface area (Å²) in [6.45, 7) is 4.44. The van der Waals surface area contributed by atoms with Gasteiger partial charge in [0.1, 0.15) is 4.11 Å². The van der Waals surface area contributed by atoms with Crippen LogP contribution in [0.2, 0.25) is 0 Å². The van der Waals surface area contributed by atoms with Crippen molar-refractivity contribution in [1.82, 2.24) is 0 Å². The summed E-state index contributed by atoms with van der Waals surface area (Å²) in [5.74, 6) is 0.646. The Morgan fingerprint density at radius 1 is 1.17 bits per heavy atom. The molecular weight excluding hydrogens is 263 g/mol. The zero-order valence-electron chi connectivity index (χ0n) is 8.05. The molecule has 1 atom stereocenters. The third-order valence-corrected chi connectivity index (χ3v) is 4.13. The molecule has 1 rings (SSSR count). The first-order chi connectivity index (χ1) is 5.70. The van der Waals surface area contributed by atoms with Gasteiger partial charge in [-0.25, -0.2) is 0 Å². The van der Waals surface area contributed by atoms with Crippen molar-refractivity contribution in [3.8, 4) is 0 Å². The third kappa shape index (κ3) is 3.60. The van der Waals surface area contributed by atoms with Crippen LogP contribution in [0.25, 0.3) is 0 Å². The van der Waals surface area contributed by atoms with Crippen LogP contribution in [0.3, 0.4) is 0 Å². The van der Waals surface area contributed by atoms with Crippen LogP contribution >= 0.6 is 22.6 Å². The molecule has 1 unspecified atom stereocenters. The molecule has 0 N–H and O–H groups in total. The SMILES string of the molecule is CC(C)C(I)OC1CCCCC1. The number of rotatable bonds is 3. The second-order valence-electron chi connectivity index (χ2n) is 3.99. The van der Waals surface area contributed by atoms with Gasteiger partial charge >= 0.3 is 0 Å². The fourth-order valence-corrected chi connectivity index (χ4v) is 1.96. The summed E-state index contributed by atoms with van der Waals surface area (Å²) < 4.78 is 6.35. The molecule has 0 aromatic heterocycles. The van der Waals surface area contributed by atoms with E-state index in [4.69, 9.17) is 4.74 Å². The van der Waals surface area contributed by atoms with Crippen molar-refractivity contribution in [3.05, 3.63) is 0 Å². The van der Waals surface area contributed by atoms with Gasteiger partial charge in [-0.3, -0.25) is 0 Å². The summed E-state index contributed by atoms with van der Waals surface area (Å²) in [6.07, 6.45) is 7.27. The number of alkyl halides is 1. The summed E-state index contributed by atoms with van der Waals surface area (Å²) in [4.78, 5) is 0. The van der Waals surface area contributed by atoms with Crippen LogP contribution < -0.4 is 0 Å². The highest BCUT2D eigenvalue weighted by molar-refractivity contribution is 14.1. The molecule has 1 fully saturated rings. The fraction of sp³-hybridized carbons (Fsp3) is 1.00. The second-order valence-corrected chi connectivity index (χ2v) is 5.22. The van der Waals surface area contributed by atoms with Crippen molar-refractivity contribution < 1.29 is 4.74 Å². The van der Waals surface area contributed by atoms with Gasteiger partial charge in [0.2, 0.25) is 0 Å². The third-order valence-electron chi connectivity index (χ3n) is 2.40. The van der Waals surface area contributed by atoms with Crippen LogP contribution in [0.4, 0.5) is 0 Å². The molecule has 0 bridgehead atoms. The molecule has 0 spiro atoms. The van der Waals surface area contributed by atoms with Crippen LogP contribution in [0, 0.1) is 5.92 Å². The number of hydrogen-bond acceptors (Lipinski definition) is 1.